The smallest absolute Gasteiger partial charge is 0.289 e. The van der Waals surface area contributed by atoms with Crippen molar-refractivity contribution < 1.29 is 19.4 Å². The van der Waals surface area contributed by atoms with E-state index in [1.807, 2.05) is 26.8 Å². The highest BCUT2D eigenvalue weighted by molar-refractivity contribution is 6.42. The number of ether oxygens (including phenoxy) is 1. The lowest BCUT2D eigenvalue weighted by Crippen LogP contribution is -2.36. The first-order valence-electron chi connectivity index (χ1n) is 9.26. The Morgan fingerprint density at radius 1 is 1.29 bits per heavy atom. The molecule has 0 aromatic heterocycles. The Morgan fingerprint density at radius 3 is 2.64 bits per heavy atom. The first kappa shape index (κ1) is 22.5. The summed E-state index contributed by atoms with van der Waals surface area (Å²) in [6.07, 6.45) is 1.44. The van der Waals surface area contributed by atoms with Crippen LogP contribution in [0.25, 0.3) is 0 Å². The zero-order valence-electron chi connectivity index (χ0n) is 16.3. The van der Waals surface area contributed by atoms with Crippen LogP contribution < -0.4 is 5.32 Å². The molecule has 0 radical (unpaired) electrons. The van der Waals surface area contributed by atoms with E-state index in [1.165, 1.54) is 4.90 Å². The van der Waals surface area contributed by atoms with Crippen LogP contribution in [-0.2, 0) is 20.7 Å². The van der Waals surface area contributed by atoms with Crippen LogP contribution in [0.3, 0.4) is 0 Å². The summed E-state index contributed by atoms with van der Waals surface area (Å²) < 4.78 is 5.43. The van der Waals surface area contributed by atoms with Gasteiger partial charge in [0.15, 0.2) is 5.76 Å². The zero-order valence-corrected chi connectivity index (χ0v) is 17.8. The van der Waals surface area contributed by atoms with Crippen LogP contribution in [0.2, 0.25) is 10.0 Å². The zero-order chi connectivity index (χ0) is 20.8. The maximum absolute atomic E-state index is 12.5. The third-order valence-corrected chi connectivity index (χ3v) is 5.18. The number of carbonyl (C=O) groups is 2. The Morgan fingerprint density at radius 2 is 2.00 bits per heavy atom. The second kappa shape index (κ2) is 10.1. The van der Waals surface area contributed by atoms with Gasteiger partial charge in [-0.05, 0) is 51.3 Å². The SMILES string of the molecule is CC(CCc1ccc(Cl)c(Cl)c1)NC(=O)C1=C(O)C(=O)N(CCOC(C)C)C1. The van der Waals surface area contributed by atoms with E-state index < -0.39 is 17.6 Å². The quantitative estimate of drug-likeness (QED) is 0.630. The number of carbonyl (C=O) groups excluding carboxylic acids is 2. The van der Waals surface area contributed by atoms with Gasteiger partial charge in [-0.1, -0.05) is 29.3 Å². The normalized spacial score (nSPS) is 15.5. The molecule has 0 fully saturated rings. The summed E-state index contributed by atoms with van der Waals surface area (Å²) in [6, 6.07) is 5.30. The van der Waals surface area contributed by atoms with Gasteiger partial charge in [0, 0.05) is 12.6 Å². The van der Waals surface area contributed by atoms with Gasteiger partial charge in [-0.3, -0.25) is 9.59 Å². The van der Waals surface area contributed by atoms with Crippen LogP contribution in [-0.4, -0.2) is 53.7 Å². The topological polar surface area (TPSA) is 78.9 Å². The molecule has 0 saturated heterocycles. The van der Waals surface area contributed by atoms with Crippen molar-refractivity contribution in [3.63, 3.8) is 0 Å². The Hall–Kier alpha value is -1.76. The molecule has 0 saturated carbocycles. The van der Waals surface area contributed by atoms with Crippen LogP contribution >= 0.6 is 23.2 Å². The van der Waals surface area contributed by atoms with E-state index in [9.17, 15) is 14.7 Å². The van der Waals surface area contributed by atoms with Crippen molar-refractivity contribution in [1.82, 2.24) is 10.2 Å². The Kier molecular flexibility index (Phi) is 8.16. The summed E-state index contributed by atoms with van der Waals surface area (Å²) in [6.45, 7) is 6.44. The van der Waals surface area contributed by atoms with Gasteiger partial charge in [0.1, 0.15) is 0 Å². The predicted octanol–water partition coefficient (Wildman–Crippen LogP) is 3.51. The number of rotatable bonds is 9. The van der Waals surface area contributed by atoms with Crippen molar-refractivity contribution in [3.8, 4) is 0 Å². The van der Waals surface area contributed by atoms with Gasteiger partial charge in [-0.25, -0.2) is 0 Å². The Bertz CT molecular complexity index is 765. The van der Waals surface area contributed by atoms with Gasteiger partial charge in [-0.2, -0.15) is 0 Å². The highest BCUT2D eigenvalue weighted by atomic mass is 35.5. The number of aliphatic hydroxyl groups is 1. The molecule has 0 bridgehead atoms. The predicted molar refractivity (Wildman–Crippen MR) is 110 cm³/mol. The molecule has 1 heterocycles. The third-order valence-electron chi connectivity index (χ3n) is 4.44. The summed E-state index contributed by atoms with van der Waals surface area (Å²) in [5.41, 5.74) is 1.11. The summed E-state index contributed by atoms with van der Waals surface area (Å²) in [7, 11) is 0. The fraction of sp³-hybridized carbons (Fsp3) is 0.500. The second-order valence-corrected chi connectivity index (χ2v) is 7.95. The van der Waals surface area contributed by atoms with Crippen molar-refractivity contribution in [2.24, 2.45) is 0 Å². The minimum Gasteiger partial charge on any atom is -0.503 e. The molecular formula is C20H26Cl2N2O4. The molecular weight excluding hydrogens is 403 g/mol. The molecule has 28 heavy (non-hydrogen) atoms. The molecule has 1 aromatic carbocycles. The standard InChI is InChI=1S/C20H26Cl2N2O4/c1-12(2)28-9-8-24-11-15(18(25)20(24)27)19(26)23-13(3)4-5-14-6-7-16(21)17(22)10-14/h6-7,10,12-13,25H,4-5,8-9,11H2,1-3H3,(H,23,26). The van der Waals surface area contributed by atoms with Gasteiger partial charge >= 0.3 is 0 Å². The largest absolute Gasteiger partial charge is 0.503 e. The summed E-state index contributed by atoms with van der Waals surface area (Å²) in [4.78, 5) is 26.0. The highest BCUT2D eigenvalue weighted by Gasteiger charge is 2.34. The minimum atomic E-state index is -0.541. The monoisotopic (exact) mass is 428 g/mol. The van der Waals surface area contributed by atoms with Crippen LogP contribution in [0, 0.1) is 0 Å². The number of hydrogen-bond acceptors (Lipinski definition) is 4. The molecule has 0 spiro atoms. The summed E-state index contributed by atoms with van der Waals surface area (Å²) in [5, 5.41) is 13.9. The van der Waals surface area contributed by atoms with E-state index in [1.54, 1.807) is 12.1 Å². The number of amides is 2. The molecule has 2 rings (SSSR count). The lowest BCUT2D eigenvalue weighted by Gasteiger charge is -2.18. The van der Waals surface area contributed by atoms with Crippen molar-refractivity contribution in [2.45, 2.75) is 45.8 Å². The van der Waals surface area contributed by atoms with Gasteiger partial charge in [0.25, 0.3) is 11.8 Å². The van der Waals surface area contributed by atoms with E-state index in [-0.39, 0.29) is 24.3 Å². The average molecular weight is 429 g/mol. The number of hydrogen-bond donors (Lipinski definition) is 2. The Labute approximate surface area is 175 Å². The fourth-order valence-electron chi connectivity index (χ4n) is 2.84. The van der Waals surface area contributed by atoms with E-state index in [2.05, 4.69) is 5.32 Å². The van der Waals surface area contributed by atoms with Crippen LogP contribution in [0.15, 0.2) is 29.5 Å². The number of aliphatic hydroxyl groups excluding tert-OH is 1. The van der Waals surface area contributed by atoms with E-state index in [0.717, 1.165) is 5.56 Å². The van der Waals surface area contributed by atoms with Gasteiger partial charge in [0.2, 0.25) is 0 Å². The minimum absolute atomic E-state index is 0.0541. The van der Waals surface area contributed by atoms with Gasteiger partial charge in [-0.15, -0.1) is 0 Å². The van der Waals surface area contributed by atoms with Crippen molar-refractivity contribution in [2.75, 3.05) is 19.7 Å². The Balaban J connectivity index is 1.85. The van der Waals surface area contributed by atoms with Crippen LogP contribution in [0.5, 0.6) is 0 Å². The molecule has 6 nitrogen and oxygen atoms in total. The maximum atomic E-state index is 12.5. The van der Waals surface area contributed by atoms with Gasteiger partial charge in [0.05, 0.1) is 34.9 Å². The lowest BCUT2D eigenvalue weighted by molar-refractivity contribution is -0.128. The van der Waals surface area contributed by atoms with E-state index in [4.69, 9.17) is 27.9 Å². The second-order valence-electron chi connectivity index (χ2n) is 7.14. The van der Waals surface area contributed by atoms with Crippen molar-refractivity contribution in [3.05, 3.63) is 45.1 Å². The van der Waals surface area contributed by atoms with Crippen LogP contribution in [0.4, 0.5) is 0 Å². The third kappa shape index (κ3) is 6.12. The molecule has 1 aliphatic rings. The number of aryl methyl sites for hydroxylation is 1. The molecule has 1 atom stereocenters. The first-order chi connectivity index (χ1) is 13.2. The van der Waals surface area contributed by atoms with Crippen molar-refractivity contribution in [1.29, 1.82) is 0 Å². The molecule has 2 N–H and O–H groups in total. The van der Waals surface area contributed by atoms with E-state index >= 15 is 0 Å². The van der Waals surface area contributed by atoms with E-state index in [0.29, 0.717) is 36.0 Å². The van der Waals surface area contributed by atoms with Crippen molar-refractivity contribution >= 4 is 35.0 Å². The molecule has 8 heteroatoms. The summed E-state index contributed by atoms with van der Waals surface area (Å²) in [5.74, 6) is -1.46. The number of nitrogens with zero attached hydrogens (tertiary/aromatic N) is 1. The number of nitrogens with one attached hydrogen (secondary N) is 1. The van der Waals surface area contributed by atoms with Gasteiger partial charge < -0.3 is 20.1 Å². The molecule has 1 aromatic rings. The lowest BCUT2D eigenvalue weighted by atomic mass is 10.1. The fourth-order valence-corrected chi connectivity index (χ4v) is 3.16. The number of halogens is 2. The molecule has 1 aliphatic heterocycles. The summed E-state index contributed by atoms with van der Waals surface area (Å²) >= 11 is 11.9. The molecule has 154 valence electrons. The average Bonchev–Trinajstić information content (AvgIpc) is 2.91. The first-order valence-corrected chi connectivity index (χ1v) is 10.0. The molecule has 1 unspecified atom stereocenters. The van der Waals surface area contributed by atoms with Crippen LogP contribution in [0.1, 0.15) is 32.8 Å². The number of benzene rings is 1. The highest BCUT2D eigenvalue weighted by Crippen LogP contribution is 2.23. The maximum Gasteiger partial charge on any atom is 0.289 e. The molecule has 2 amide bonds. The molecule has 0 aliphatic carbocycles.